The summed E-state index contributed by atoms with van der Waals surface area (Å²) in [6.45, 7) is 0.604. The average molecular weight is 223 g/mol. The SMILES string of the molecule is COc1cc(C=O)c(CCCN)cc1OC. The molecule has 0 aliphatic rings. The van der Waals surface area contributed by atoms with Gasteiger partial charge in [-0.2, -0.15) is 0 Å². The first-order valence-corrected chi connectivity index (χ1v) is 5.17. The first-order valence-electron chi connectivity index (χ1n) is 5.17. The van der Waals surface area contributed by atoms with Gasteiger partial charge in [-0.25, -0.2) is 0 Å². The molecule has 0 spiro atoms. The van der Waals surface area contributed by atoms with Gasteiger partial charge in [-0.15, -0.1) is 0 Å². The van der Waals surface area contributed by atoms with E-state index in [4.69, 9.17) is 15.2 Å². The molecule has 2 N–H and O–H groups in total. The summed E-state index contributed by atoms with van der Waals surface area (Å²) in [6.07, 6.45) is 2.44. The molecule has 4 nitrogen and oxygen atoms in total. The van der Waals surface area contributed by atoms with Gasteiger partial charge in [0.25, 0.3) is 0 Å². The minimum absolute atomic E-state index is 0.570. The Labute approximate surface area is 95.3 Å². The number of carbonyl (C=O) groups excluding carboxylic acids is 1. The molecule has 0 atom stereocenters. The highest BCUT2D eigenvalue weighted by atomic mass is 16.5. The summed E-state index contributed by atoms with van der Waals surface area (Å²) in [7, 11) is 3.12. The number of carbonyl (C=O) groups is 1. The highest BCUT2D eigenvalue weighted by molar-refractivity contribution is 5.79. The molecular weight excluding hydrogens is 206 g/mol. The molecule has 1 rings (SSSR count). The van der Waals surface area contributed by atoms with Crippen LogP contribution < -0.4 is 15.2 Å². The van der Waals surface area contributed by atoms with Crippen molar-refractivity contribution in [1.29, 1.82) is 0 Å². The number of rotatable bonds is 6. The fourth-order valence-electron chi connectivity index (χ4n) is 1.56. The van der Waals surface area contributed by atoms with E-state index in [2.05, 4.69) is 0 Å². The zero-order chi connectivity index (χ0) is 12.0. The van der Waals surface area contributed by atoms with Crippen molar-refractivity contribution in [2.75, 3.05) is 20.8 Å². The van der Waals surface area contributed by atoms with Gasteiger partial charge in [0.2, 0.25) is 0 Å². The molecule has 16 heavy (non-hydrogen) atoms. The van der Waals surface area contributed by atoms with Crippen LogP contribution in [0.1, 0.15) is 22.3 Å². The van der Waals surface area contributed by atoms with E-state index >= 15 is 0 Å². The summed E-state index contributed by atoms with van der Waals surface area (Å²) >= 11 is 0. The maximum absolute atomic E-state index is 10.9. The number of methoxy groups -OCH3 is 2. The van der Waals surface area contributed by atoms with Crippen LogP contribution in [-0.2, 0) is 6.42 Å². The van der Waals surface area contributed by atoms with Crippen molar-refractivity contribution < 1.29 is 14.3 Å². The van der Waals surface area contributed by atoms with E-state index in [0.29, 0.717) is 23.6 Å². The Balaban J connectivity index is 3.09. The largest absolute Gasteiger partial charge is 0.493 e. The minimum Gasteiger partial charge on any atom is -0.493 e. The summed E-state index contributed by atoms with van der Waals surface area (Å²) < 4.78 is 10.3. The van der Waals surface area contributed by atoms with Gasteiger partial charge in [0, 0.05) is 5.56 Å². The van der Waals surface area contributed by atoms with Crippen LogP contribution in [0.3, 0.4) is 0 Å². The van der Waals surface area contributed by atoms with E-state index in [9.17, 15) is 4.79 Å². The van der Waals surface area contributed by atoms with E-state index in [1.807, 2.05) is 6.07 Å². The second-order valence-corrected chi connectivity index (χ2v) is 3.42. The van der Waals surface area contributed by atoms with E-state index < -0.39 is 0 Å². The van der Waals surface area contributed by atoms with Crippen LogP contribution in [-0.4, -0.2) is 27.1 Å². The molecular formula is C12H17NO3. The Hall–Kier alpha value is -1.55. The van der Waals surface area contributed by atoms with Crippen LogP contribution in [0, 0.1) is 0 Å². The lowest BCUT2D eigenvalue weighted by molar-refractivity contribution is 0.112. The second-order valence-electron chi connectivity index (χ2n) is 3.42. The van der Waals surface area contributed by atoms with Crippen molar-refractivity contribution >= 4 is 6.29 Å². The van der Waals surface area contributed by atoms with Crippen LogP contribution in [0.5, 0.6) is 11.5 Å². The normalized spacial score (nSPS) is 9.94. The van der Waals surface area contributed by atoms with Crippen LogP contribution in [0.25, 0.3) is 0 Å². The van der Waals surface area contributed by atoms with Crippen LogP contribution in [0.4, 0.5) is 0 Å². The fraction of sp³-hybridized carbons (Fsp3) is 0.417. The van der Waals surface area contributed by atoms with E-state index in [1.165, 1.54) is 0 Å². The zero-order valence-electron chi connectivity index (χ0n) is 9.66. The molecule has 0 heterocycles. The lowest BCUT2D eigenvalue weighted by Gasteiger charge is -2.11. The molecule has 1 aromatic rings. The molecule has 0 amide bonds. The van der Waals surface area contributed by atoms with E-state index in [-0.39, 0.29) is 0 Å². The van der Waals surface area contributed by atoms with Crippen molar-refractivity contribution in [3.63, 3.8) is 0 Å². The summed E-state index contributed by atoms with van der Waals surface area (Å²) in [5.74, 6) is 1.21. The number of aldehydes is 1. The number of benzene rings is 1. The Kier molecular flexibility index (Phi) is 4.79. The summed E-state index contributed by atoms with van der Waals surface area (Å²) in [5, 5.41) is 0. The van der Waals surface area contributed by atoms with Crippen LogP contribution in [0.15, 0.2) is 12.1 Å². The second kappa shape index (κ2) is 6.12. The topological polar surface area (TPSA) is 61.5 Å². The van der Waals surface area contributed by atoms with Gasteiger partial charge in [0.05, 0.1) is 14.2 Å². The van der Waals surface area contributed by atoms with Crippen LogP contribution in [0.2, 0.25) is 0 Å². The van der Waals surface area contributed by atoms with Crippen molar-refractivity contribution in [2.45, 2.75) is 12.8 Å². The fourth-order valence-corrected chi connectivity index (χ4v) is 1.56. The lowest BCUT2D eigenvalue weighted by atomic mass is 10.0. The van der Waals surface area contributed by atoms with Gasteiger partial charge in [-0.3, -0.25) is 4.79 Å². The smallest absolute Gasteiger partial charge is 0.161 e. The highest BCUT2D eigenvalue weighted by Crippen LogP contribution is 2.30. The molecule has 0 aliphatic carbocycles. The quantitative estimate of drug-likeness (QED) is 0.741. The first-order chi connectivity index (χ1) is 7.76. The number of nitrogens with two attached hydrogens (primary N) is 1. The van der Waals surface area contributed by atoms with Gasteiger partial charge in [-0.05, 0) is 37.1 Å². The monoisotopic (exact) mass is 223 g/mol. The molecule has 88 valence electrons. The molecule has 0 bridgehead atoms. The zero-order valence-corrected chi connectivity index (χ0v) is 9.66. The molecule has 0 aliphatic heterocycles. The Morgan fingerprint density at radius 2 is 1.88 bits per heavy atom. The number of ether oxygens (including phenoxy) is 2. The number of hydrogen-bond donors (Lipinski definition) is 1. The summed E-state index contributed by atoms with van der Waals surface area (Å²) in [4.78, 5) is 10.9. The van der Waals surface area contributed by atoms with Crippen molar-refractivity contribution in [3.8, 4) is 11.5 Å². The predicted octanol–water partition coefficient (Wildman–Crippen LogP) is 1.41. The molecule has 0 unspecified atom stereocenters. The Morgan fingerprint density at radius 3 is 2.38 bits per heavy atom. The van der Waals surface area contributed by atoms with Crippen LogP contribution >= 0.6 is 0 Å². The van der Waals surface area contributed by atoms with Gasteiger partial charge < -0.3 is 15.2 Å². The number of aryl methyl sites for hydroxylation is 1. The van der Waals surface area contributed by atoms with Gasteiger partial charge >= 0.3 is 0 Å². The molecule has 1 aromatic carbocycles. The summed E-state index contributed by atoms with van der Waals surface area (Å²) in [5.41, 5.74) is 7.02. The Bertz CT molecular complexity index is 364. The van der Waals surface area contributed by atoms with Crippen molar-refractivity contribution in [1.82, 2.24) is 0 Å². The highest BCUT2D eigenvalue weighted by Gasteiger charge is 2.10. The molecule has 0 fully saturated rings. The molecule has 0 saturated carbocycles. The van der Waals surface area contributed by atoms with Crippen molar-refractivity contribution in [3.05, 3.63) is 23.3 Å². The van der Waals surface area contributed by atoms with Gasteiger partial charge in [-0.1, -0.05) is 0 Å². The Morgan fingerprint density at radius 1 is 1.25 bits per heavy atom. The van der Waals surface area contributed by atoms with E-state index in [0.717, 1.165) is 24.7 Å². The molecule has 0 saturated heterocycles. The standard InChI is InChI=1S/C12H17NO3/c1-15-11-6-9(4-3-5-13)10(8-14)7-12(11)16-2/h6-8H,3-5,13H2,1-2H3. The van der Waals surface area contributed by atoms with Gasteiger partial charge in [0.1, 0.15) is 6.29 Å². The predicted molar refractivity (Wildman–Crippen MR) is 62.3 cm³/mol. The third-order valence-electron chi connectivity index (χ3n) is 2.42. The maximum Gasteiger partial charge on any atom is 0.161 e. The first kappa shape index (κ1) is 12.5. The minimum atomic E-state index is 0.570. The maximum atomic E-state index is 10.9. The van der Waals surface area contributed by atoms with E-state index in [1.54, 1.807) is 20.3 Å². The number of hydrogen-bond acceptors (Lipinski definition) is 4. The van der Waals surface area contributed by atoms with Gasteiger partial charge in [0.15, 0.2) is 11.5 Å². The summed E-state index contributed by atoms with van der Waals surface area (Å²) in [6, 6.07) is 3.52. The molecule has 0 aromatic heterocycles. The lowest BCUT2D eigenvalue weighted by Crippen LogP contribution is -2.03. The third kappa shape index (κ3) is 2.73. The average Bonchev–Trinajstić information content (AvgIpc) is 2.35. The van der Waals surface area contributed by atoms with Crippen molar-refractivity contribution in [2.24, 2.45) is 5.73 Å². The molecule has 4 heteroatoms. The molecule has 0 radical (unpaired) electrons. The third-order valence-corrected chi connectivity index (χ3v) is 2.42.